The van der Waals surface area contributed by atoms with Crippen LogP contribution in [-0.2, 0) is 11.3 Å². The van der Waals surface area contributed by atoms with Gasteiger partial charge in [0.05, 0.1) is 12.6 Å². The molecule has 2 unspecified atom stereocenters. The van der Waals surface area contributed by atoms with Gasteiger partial charge in [0.15, 0.2) is 0 Å². The number of nitrogens with zero attached hydrogens (tertiary/aromatic N) is 1. The van der Waals surface area contributed by atoms with Crippen molar-refractivity contribution in [2.24, 2.45) is 5.92 Å². The fourth-order valence-corrected chi connectivity index (χ4v) is 2.54. The van der Waals surface area contributed by atoms with Gasteiger partial charge in [-0.05, 0) is 31.4 Å². The number of aliphatic hydroxyl groups excluding tert-OH is 1. The molecule has 2 N–H and O–H groups in total. The van der Waals surface area contributed by atoms with Crippen molar-refractivity contribution in [3.05, 3.63) is 35.4 Å². The molecule has 1 amide bonds. The molecule has 4 nitrogen and oxygen atoms in total. The largest absolute Gasteiger partial charge is 0.392 e. The van der Waals surface area contributed by atoms with Gasteiger partial charge in [0.25, 0.3) is 0 Å². The average molecular weight is 276 g/mol. The molecule has 1 saturated heterocycles. The van der Waals surface area contributed by atoms with Crippen LogP contribution in [0.25, 0.3) is 0 Å². The van der Waals surface area contributed by atoms with Crippen LogP contribution in [0.1, 0.15) is 24.5 Å². The van der Waals surface area contributed by atoms with E-state index in [0.717, 1.165) is 18.5 Å². The van der Waals surface area contributed by atoms with Crippen LogP contribution >= 0.6 is 0 Å². The molecular formula is C16H24N2O2. The Kier molecular flexibility index (Phi) is 5.15. The molecule has 1 aliphatic rings. The van der Waals surface area contributed by atoms with E-state index in [2.05, 4.69) is 18.3 Å². The Bertz CT molecular complexity index is 462. The maximum Gasteiger partial charge on any atom is 0.234 e. The third-order valence-corrected chi connectivity index (χ3v) is 3.94. The van der Waals surface area contributed by atoms with Gasteiger partial charge in [-0.3, -0.25) is 9.69 Å². The summed E-state index contributed by atoms with van der Waals surface area (Å²) < 4.78 is 0. The zero-order valence-corrected chi connectivity index (χ0v) is 12.3. The molecule has 0 radical (unpaired) electrons. The quantitative estimate of drug-likeness (QED) is 0.872. The summed E-state index contributed by atoms with van der Waals surface area (Å²) in [6.07, 6.45) is 0.639. The van der Waals surface area contributed by atoms with Gasteiger partial charge in [-0.2, -0.15) is 0 Å². The number of carbonyl (C=O) groups excluding carboxylic acids is 1. The Morgan fingerprint density at radius 3 is 3.00 bits per heavy atom. The SMILES string of the molecule is Cc1cccc(CNC(=O)CN2CCC(C)C(O)C2)c1. The lowest BCUT2D eigenvalue weighted by molar-refractivity contribution is -0.123. The lowest BCUT2D eigenvalue weighted by Gasteiger charge is -2.33. The van der Waals surface area contributed by atoms with Gasteiger partial charge in [0.2, 0.25) is 5.91 Å². The minimum Gasteiger partial charge on any atom is -0.392 e. The number of hydrogen-bond acceptors (Lipinski definition) is 3. The molecule has 0 spiro atoms. The van der Waals surface area contributed by atoms with E-state index >= 15 is 0 Å². The predicted octanol–water partition coefficient (Wildman–Crippen LogP) is 1.31. The number of rotatable bonds is 4. The molecule has 4 heteroatoms. The van der Waals surface area contributed by atoms with Gasteiger partial charge in [-0.15, -0.1) is 0 Å². The highest BCUT2D eigenvalue weighted by Gasteiger charge is 2.25. The summed E-state index contributed by atoms with van der Waals surface area (Å²) in [5, 5.41) is 12.8. The Morgan fingerprint density at radius 2 is 2.30 bits per heavy atom. The Hall–Kier alpha value is -1.39. The number of aliphatic hydroxyl groups is 1. The number of piperidine rings is 1. The third kappa shape index (κ3) is 4.32. The summed E-state index contributed by atoms with van der Waals surface area (Å²) >= 11 is 0. The zero-order chi connectivity index (χ0) is 14.5. The third-order valence-electron chi connectivity index (χ3n) is 3.94. The lowest BCUT2D eigenvalue weighted by Crippen LogP contribution is -2.46. The second kappa shape index (κ2) is 6.86. The van der Waals surface area contributed by atoms with Crippen molar-refractivity contribution in [1.82, 2.24) is 10.2 Å². The van der Waals surface area contributed by atoms with Crippen molar-refractivity contribution in [3.63, 3.8) is 0 Å². The van der Waals surface area contributed by atoms with Gasteiger partial charge in [0, 0.05) is 13.1 Å². The maximum absolute atomic E-state index is 11.9. The van der Waals surface area contributed by atoms with E-state index in [4.69, 9.17) is 0 Å². The van der Waals surface area contributed by atoms with Crippen LogP contribution < -0.4 is 5.32 Å². The number of benzene rings is 1. The molecule has 2 atom stereocenters. The normalized spacial score (nSPS) is 23.6. The van der Waals surface area contributed by atoms with Crippen LogP contribution in [0.15, 0.2) is 24.3 Å². The number of carbonyl (C=O) groups is 1. The van der Waals surface area contributed by atoms with E-state index < -0.39 is 0 Å². The highest BCUT2D eigenvalue weighted by atomic mass is 16.3. The number of hydrogen-bond donors (Lipinski definition) is 2. The van der Waals surface area contributed by atoms with Crippen LogP contribution in [0.5, 0.6) is 0 Å². The maximum atomic E-state index is 11.9. The van der Waals surface area contributed by atoms with Crippen molar-refractivity contribution in [2.75, 3.05) is 19.6 Å². The van der Waals surface area contributed by atoms with Crippen LogP contribution in [0.2, 0.25) is 0 Å². The van der Waals surface area contributed by atoms with E-state index in [0.29, 0.717) is 25.6 Å². The van der Waals surface area contributed by atoms with Crippen molar-refractivity contribution in [2.45, 2.75) is 32.9 Å². The number of aryl methyl sites for hydroxylation is 1. The summed E-state index contributed by atoms with van der Waals surface area (Å²) in [6.45, 7) is 6.51. The van der Waals surface area contributed by atoms with Crippen LogP contribution in [-0.4, -0.2) is 41.7 Å². The molecule has 0 saturated carbocycles. The highest BCUT2D eigenvalue weighted by molar-refractivity contribution is 5.78. The first kappa shape index (κ1) is 15.0. The summed E-state index contributed by atoms with van der Waals surface area (Å²) in [5.41, 5.74) is 2.32. The van der Waals surface area contributed by atoms with Crippen molar-refractivity contribution in [1.29, 1.82) is 0 Å². The second-order valence-corrected chi connectivity index (χ2v) is 5.83. The highest BCUT2D eigenvalue weighted by Crippen LogP contribution is 2.16. The molecule has 0 bridgehead atoms. The molecule has 1 aliphatic heterocycles. The Labute approximate surface area is 120 Å². The average Bonchev–Trinajstić information content (AvgIpc) is 2.41. The minimum absolute atomic E-state index is 0.0215. The Morgan fingerprint density at radius 1 is 1.50 bits per heavy atom. The molecule has 1 heterocycles. The summed E-state index contributed by atoms with van der Waals surface area (Å²) in [7, 11) is 0. The van der Waals surface area contributed by atoms with E-state index in [1.54, 1.807) is 0 Å². The van der Waals surface area contributed by atoms with Gasteiger partial charge < -0.3 is 10.4 Å². The first-order valence-electron chi connectivity index (χ1n) is 7.27. The summed E-state index contributed by atoms with van der Waals surface area (Å²) in [4.78, 5) is 13.9. The van der Waals surface area contributed by atoms with E-state index in [1.165, 1.54) is 5.56 Å². The van der Waals surface area contributed by atoms with Crippen molar-refractivity contribution in [3.8, 4) is 0 Å². The molecule has 0 aliphatic carbocycles. The Balaban J connectivity index is 1.75. The van der Waals surface area contributed by atoms with E-state index in [9.17, 15) is 9.90 Å². The summed E-state index contributed by atoms with van der Waals surface area (Å²) in [6, 6.07) is 8.13. The van der Waals surface area contributed by atoms with Crippen LogP contribution in [0.4, 0.5) is 0 Å². The number of likely N-dealkylation sites (tertiary alicyclic amines) is 1. The van der Waals surface area contributed by atoms with Crippen LogP contribution in [0.3, 0.4) is 0 Å². The molecule has 0 aromatic heterocycles. The standard InChI is InChI=1S/C16H24N2O2/c1-12-4-3-5-14(8-12)9-17-16(20)11-18-7-6-13(2)15(19)10-18/h3-5,8,13,15,19H,6-7,9-11H2,1-2H3,(H,17,20). The lowest BCUT2D eigenvalue weighted by atomic mass is 9.96. The van der Waals surface area contributed by atoms with E-state index in [1.807, 2.05) is 30.0 Å². The fourth-order valence-electron chi connectivity index (χ4n) is 2.54. The van der Waals surface area contributed by atoms with Crippen molar-refractivity contribution >= 4 is 5.91 Å². The van der Waals surface area contributed by atoms with Gasteiger partial charge in [-0.25, -0.2) is 0 Å². The van der Waals surface area contributed by atoms with Gasteiger partial charge >= 0.3 is 0 Å². The molecule has 1 fully saturated rings. The molecule has 20 heavy (non-hydrogen) atoms. The van der Waals surface area contributed by atoms with Gasteiger partial charge in [0.1, 0.15) is 0 Å². The monoisotopic (exact) mass is 276 g/mol. The number of nitrogens with one attached hydrogen (secondary N) is 1. The second-order valence-electron chi connectivity index (χ2n) is 5.83. The zero-order valence-electron chi connectivity index (χ0n) is 12.3. The number of amides is 1. The van der Waals surface area contributed by atoms with Crippen molar-refractivity contribution < 1.29 is 9.90 Å². The molecular weight excluding hydrogens is 252 g/mol. The van der Waals surface area contributed by atoms with Gasteiger partial charge in [-0.1, -0.05) is 36.8 Å². The first-order valence-corrected chi connectivity index (χ1v) is 7.27. The predicted molar refractivity (Wildman–Crippen MR) is 79.3 cm³/mol. The topological polar surface area (TPSA) is 52.6 Å². The van der Waals surface area contributed by atoms with E-state index in [-0.39, 0.29) is 12.0 Å². The smallest absolute Gasteiger partial charge is 0.234 e. The van der Waals surface area contributed by atoms with Crippen LogP contribution in [0, 0.1) is 12.8 Å². The molecule has 2 rings (SSSR count). The first-order chi connectivity index (χ1) is 9.54. The fraction of sp³-hybridized carbons (Fsp3) is 0.562. The number of β-amino-alcohol motifs (C(OH)–C–C–N with tert-alkyl or cyclic N) is 1. The molecule has 1 aromatic carbocycles. The molecule has 1 aromatic rings. The molecule has 110 valence electrons. The minimum atomic E-state index is -0.312. The summed E-state index contributed by atoms with van der Waals surface area (Å²) in [5.74, 6) is 0.356.